The Bertz CT molecular complexity index is 2030. The van der Waals surface area contributed by atoms with E-state index in [1.54, 1.807) is 12.3 Å². The van der Waals surface area contributed by atoms with Crippen molar-refractivity contribution >= 4 is 34.7 Å². The summed E-state index contributed by atoms with van der Waals surface area (Å²) in [5, 5.41) is 13.6. The van der Waals surface area contributed by atoms with Gasteiger partial charge in [-0.3, -0.25) is 0 Å². The molecule has 0 saturated carbocycles. The van der Waals surface area contributed by atoms with Crippen molar-refractivity contribution in [2.45, 2.75) is 26.3 Å². The van der Waals surface area contributed by atoms with Crippen molar-refractivity contribution < 1.29 is 0 Å². The third kappa shape index (κ3) is 6.73. The summed E-state index contributed by atoms with van der Waals surface area (Å²) in [6, 6.07) is 21.4. The van der Waals surface area contributed by atoms with Crippen molar-refractivity contribution in [3.63, 3.8) is 0 Å². The predicted octanol–water partition coefficient (Wildman–Crippen LogP) is 10.2. The molecule has 1 aliphatic rings. The molecule has 3 aromatic carbocycles. The molecule has 1 atom stereocenters. The van der Waals surface area contributed by atoms with Crippen LogP contribution in [0.15, 0.2) is 153 Å². The molecule has 5 rings (SSSR count). The third-order valence-corrected chi connectivity index (χ3v) is 8.66. The van der Waals surface area contributed by atoms with Crippen molar-refractivity contribution in [3.05, 3.63) is 181 Å². The van der Waals surface area contributed by atoms with Crippen LogP contribution in [-0.4, -0.2) is 16.8 Å². The van der Waals surface area contributed by atoms with Gasteiger partial charge in [-0.1, -0.05) is 117 Å². The smallest absolute Gasteiger partial charge is 0.0572 e. The summed E-state index contributed by atoms with van der Waals surface area (Å²) in [5.74, 6) is 0. The number of dihydropyridines is 1. The molecule has 4 nitrogen and oxygen atoms in total. The van der Waals surface area contributed by atoms with Crippen molar-refractivity contribution in [1.29, 1.82) is 5.41 Å². The van der Waals surface area contributed by atoms with Crippen LogP contribution in [0.2, 0.25) is 0 Å². The van der Waals surface area contributed by atoms with Gasteiger partial charge < -0.3 is 21.0 Å². The summed E-state index contributed by atoms with van der Waals surface area (Å²) in [6.07, 6.45) is 25.7. The summed E-state index contributed by atoms with van der Waals surface area (Å²) in [7, 11) is 0. The van der Waals surface area contributed by atoms with Crippen molar-refractivity contribution in [1.82, 2.24) is 9.88 Å². The third-order valence-electron chi connectivity index (χ3n) is 8.66. The van der Waals surface area contributed by atoms with E-state index in [0.717, 1.165) is 78.8 Å². The molecule has 0 fully saturated rings. The minimum Gasteiger partial charge on any atom is -0.404 e. The van der Waals surface area contributed by atoms with E-state index in [0.29, 0.717) is 0 Å². The Morgan fingerprint density at radius 1 is 0.979 bits per heavy atom. The van der Waals surface area contributed by atoms with Gasteiger partial charge in [0.15, 0.2) is 0 Å². The Hall–Kier alpha value is -5.87. The fraction of sp³-hybridized carbons (Fsp3) is 0.0930. The number of hydrogen-bond acceptors (Lipinski definition) is 3. The molecule has 1 unspecified atom stereocenters. The second kappa shape index (κ2) is 14.9. The van der Waals surface area contributed by atoms with Gasteiger partial charge in [-0.05, 0) is 95.1 Å². The zero-order valence-electron chi connectivity index (χ0n) is 27.2. The van der Waals surface area contributed by atoms with Crippen LogP contribution >= 0.6 is 0 Å². The summed E-state index contributed by atoms with van der Waals surface area (Å²) in [6.45, 7) is 16.5. The largest absolute Gasteiger partial charge is 0.404 e. The Kier molecular flexibility index (Phi) is 10.3. The van der Waals surface area contributed by atoms with E-state index in [9.17, 15) is 0 Å². The van der Waals surface area contributed by atoms with Gasteiger partial charge in [0.2, 0.25) is 0 Å². The molecule has 0 radical (unpaired) electrons. The molecule has 234 valence electrons. The van der Waals surface area contributed by atoms with Crippen LogP contribution < -0.4 is 11.1 Å². The van der Waals surface area contributed by atoms with Gasteiger partial charge in [-0.2, -0.15) is 0 Å². The Labute approximate surface area is 278 Å². The second-order valence-corrected chi connectivity index (χ2v) is 11.4. The Morgan fingerprint density at radius 2 is 1.79 bits per heavy atom. The SMILES string of the molecule is C=C/C=C(\C=N)c1ccc(-c2c(C)c(C)c(/C=C(C=C)/C(/C=C\CC3C=CC=CN3)=C/N)n2-c2cccc3ccccc23)c(C=C)c1. The van der Waals surface area contributed by atoms with E-state index < -0.39 is 0 Å². The Morgan fingerprint density at radius 3 is 2.49 bits per heavy atom. The van der Waals surface area contributed by atoms with Crippen LogP contribution in [0.5, 0.6) is 0 Å². The van der Waals surface area contributed by atoms with E-state index in [4.69, 9.17) is 11.1 Å². The average Bonchev–Trinajstić information content (AvgIpc) is 3.36. The van der Waals surface area contributed by atoms with E-state index >= 15 is 0 Å². The van der Waals surface area contributed by atoms with Gasteiger partial charge >= 0.3 is 0 Å². The van der Waals surface area contributed by atoms with Crippen molar-refractivity contribution in [2.75, 3.05) is 0 Å². The summed E-state index contributed by atoms with van der Waals surface area (Å²) in [5.41, 5.74) is 17.3. The van der Waals surface area contributed by atoms with E-state index in [-0.39, 0.29) is 6.04 Å². The number of aromatic nitrogens is 1. The molecular weight excluding hydrogens is 573 g/mol. The molecule has 0 amide bonds. The molecule has 1 aromatic heterocycles. The van der Waals surface area contributed by atoms with Crippen molar-refractivity contribution in [3.8, 4) is 16.9 Å². The number of nitrogens with one attached hydrogen (secondary N) is 2. The maximum Gasteiger partial charge on any atom is 0.0572 e. The normalized spacial score (nSPS) is 15.2. The maximum atomic E-state index is 7.95. The molecule has 47 heavy (non-hydrogen) atoms. The molecule has 1 aliphatic heterocycles. The highest BCUT2D eigenvalue weighted by Crippen LogP contribution is 2.40. The topological polar surface area (TPSA) is 66.8 Å². The first-order valence-electron chi connectivity index (χ1n) is 15.8. The number of hydrogen-bond donors (Lipinski definition) is 3. The zero-order valence-corrected chi connectivity index (χ0v) is 27.2. The lowest BCUT2D eigenvalue weighted by atomic mass is 9.95. The lowest BCUT2D eigenvalue weighted by Gasteiger charge is -2.18. The molecule has 0 spiro atoms. The first kappa shape index (κ1) is 32.5. The number of allylic oxidation sites excluding steroid dienone is 9. The number of nitrogens with two attached hydrogens (primary N) is 1. The fourth-order valence-electron chi connectivity index (χ4n) is 6.09. The van der Waals surface area contributed by atoms with Gasteiger partial charge in [0.05, 0.1) is 17.1 Å². The Balaban J connectivity index is 1.74. The molecule has 0 saturated heterocycles. The van der Waals surface area contributed by atoms with Gasteiger partial charge in [-0.25, -0.2) is 0 Å². The van der Waals surface area contributed by atoms with Crippen LogP contribution in [0, 0.1) is 19.3 Å². The molecule has 2 heterocycles. The minimum atomic E-state index is 0.246. The van der Waals surface area contributed by atoms with Crippen LogP contribution in [-0.2, 0) is 0 Å². The van der Waals surface area contributed by atoms with Gasteiger partial charge in [0.25, 0.3) is 0 Å². The lowest BCUT2D eigenvalue weighted by Crippen LogP contribution is -2.22. The minimum absolute atomic E-state index is 0.246. The van der Waals surface area contributed by atoms with Crippen molar-refractivity contribution in [2.24, 2.45) is 5.73 Å². The van der Waals surface area contributed by atoms with E-state index in [2.05, 4.69) is 135 Å². The highest BCUT2D eigenvalue weighted by atomic mass is 15.0. The summed E-state index contributed by atoms with van der Waals surface area (Å²) < 4.78 is 2.36. The number of fused-ring (bicyclic) bond motifs is 1. The van der Waals surface area contributed by atoms with E-state index in [1.807, 2.05) is 30.5 Å². The number of benzene rings is 3. The highest BCUT2D eigenvalue weighted by Gasteiger charge is 2.22. The lowest BCUT2D eigenvalue weighted by molar-refractivity contribution is 0.703. The van der Waals surface area contributed by atoms with E-state index in [1.165, 1.54) is 6.21 Å². The van der Waals surface area contributed by atoms with Gasteiger partial charge in [0, 0.05) is 29.4 Å². The standard InChI is InChI=1S/C43H42N4/c1-6-15-36(28-44)35-23-24-40(33(8-3)26-35)43-31(5)30(4)42(47(43)41-22-14-17-34-16-9-10-21-39(34)41)27-32(7-2)37(29-45)18-13-20-38-19-11-12-25-46-38/h6-19,21-29,38,44,46H,1-3,20,45H2,4-5H3/b18-13-,32-27+,36-15+,37-29+,44-28?. The maximum absolute atomic E-state index is 7.95. The molecular formula is C43H42N4. The fourth-order valence-corrected chi connectivity index (χ4v) is 6.09. The first-order chi connectivity index (χ1) is 22.9. The number of nitrogens with zero attached hydrogens (tertiary/aromatic N) is 1. The summed E-state index contributed by atoms with van der Waals surface area (Å²) in [4.78, 5) is 0. The quantitative estimate of drug-likeness (QED) is 0.110. The second-order valence-electron chi connectivity index (χ2n) is 11.4. The first-order valence-corrected chi connectivity index (χ1v) is 15.8. The van der Waals surface area contributed by atoms with Crippen LogP contribution in [0.3, 0.4) is 0 Å². The van der Waals surface area contributed by atoms with Gasteiger partial charge in [-0.15, -0.1) is 0 Å². The highest BCUT2D eigenvalue weighted by molar-refractivity contribution is 6.09. The van der Waals surface area contributed by atoms with Crippen LogP contribution in [0.25, 0.3) is 45.4 Å². The van der Waals surface area contributed by atoms with Crippen LogP contribution in [0.1, 0.15) is 34.4 Å². The predicted molar refractivity (Wildman–Crippen MR) is 205 cm³/mol. The zero-order chi connectivity index (χ0) is 33.3. The van der Waals surface area contributed by atoms with Gasteiger partial charge in [0.1, 0.15) is 0 Å². The molecule has 4 N–H and O–H groups in total. The average molecular weight is 615 g/mol. The molecule has 0 aliphatic carbocycles. The molecule has 4 heteroatoms. The molecule has 4 aromatic rings. The number of rotatable bonds is 12. The monoisotopic (exact) mass is 614 g/mol. The summed E-state index contributed by atoms with van der Waals surface area (Å²) >= 11 is 0. The molecule has 0 bridgehead atoms. The van der Waals surface area contributed by atoms with Crippen LogP contribution in [0.4, 0.5) is 0 Å².